The van der Waals surface area contributed by atoms with E-state index in [1.807, 2.05) is 0 Å². The van der Waals surface area contributed by atoms with Crippen molar-refractivity contribution >= 4 is 0 Å². The van der Waals surface area contributed by atoms with Crippen LogP contribution in [0.25, 0.3) is 0 Å². The van der Waals surface area contributed by atoms with Gasteiger partial charge >= 0.3 is 0 Å². The molecule has 0 aromatic heterocycles. The fraction of sp³-hybridized carbons (Fsp3) is 1.00. The van der Waals surface area contributed by atoms with Crippen LogP contribution in [0.1, 0.15) is 26.2 Å². The zero-order chi connectivity index (χ0) is 9.60. The predicted octanol–water partition coefficient (Wildman–Crippen LogP) is 1.33. The number of rotatable bonds is 2. The molecule has 3 aliphatic rings. The first-order valence-electron chi connectivity index (χ1n) is 6.18. The Kier molecular flexibility index (Phi) is 2.10. The van der Waals surface area contributed by atoms with Gasteiger partial charge in [-0.15, -0.1) is 0 Å². The molecule has 1 saturated carbocycles. The van der Waals surface area contributed by atoms with Gasteiger partial charge in [0.25, 0.3) is 0 Å². The number of hydrogen-bond acceptors (Lipinski definition) is 2. The van der Waals surface area contributed by atoms with E-state index < -0.39 is 0 Å². The molecule has 2 saturated heterocycles. The van der Waals surface area contributed by atoms with Crippen LogP contribution in [0.4, 0.5) is 0 Å². The zero-order valence-corrected chi connectivity index (χ0v) is 9.26. The van der Waals surface area contributed by atoms with Crippen molar-refractivity contribution in [1.29, 1.82) is 0 Å². The molecule has 0 bridgehead atoms. The highest BCUT2D eigenvalue weighted by atomic mass is 15.2. The molecule has 2 nitrogen and oxygen atoms in total. The van der Waals surface area contributed by atoms with Gasteiger partial charge in [0.05, 0.1) is 0 Å². The smallest absolute Gasteiger partial charge is 0.00477 e. The van der Waals surface area contributed by atoms with Crippen LogP contribution in [-0.2, 0) is 0 Å². The Balaban J connectivity index is 1.54. The Bertz CT molecular complexity index is 210. The van der Waals surface area contributed by atoms with Crippen molar-refractivity contribution in [1.82, 2.24) is 10.2 Å². The number of likely N-dealkylation sites (tertiary alicyclic amines) is 1. The van der Waals surface area contributed by atoms with Crippen LogP contribution in [0.15, 0.2) is 0 Å². The average molecular weight is 194 g/mol. The fourth-order valence-electron chi connectivity index (χ4n) is 3.42. The van der Waals surface area contributed by atoms with Gasteiger partial charge < -0.3 is 10.2 Å². The van der Waals surface area contributed by atoms with Crippen LogP contribution < -0.4 is 5.32 Å². The molecule has 80 valence electrons. The molecule has 1 N–H and O–H groups in total. The maximum atomic E-state index is 3.55. The Hall–Kier alpha value is -0.0800. The maximum Gasteiger partial charge on any atom is 0.00477 e. The Morgan fingerprint density at radius 3 is 2.79 bits per heavy atom. The first-order valence-corrected chi connectivity index (χ1v) is 6.18. The first-order chi connectivity index (χ1) is 6.75. The second-order valence-electron chi connectivity index (χ2n) is 6.04. The van der Waals surface area contributed by atoms with Gasteiger partial charge in [-0.25, -0.2) is 0 Å². The minimum absolute atomic E-state index is 0.565. The molecule has 0 spiro atoms. The molecule has 0 amide bonds. The van der Waals surface area contributed by atoms with E-state index in [1.54, 1.807) is 0 Å². The van der Waals surface area contributed by atoms with Crippen molar-refractivity contribution in [3.63, 3.8) is 0 Å². The van der Waals surface area contributed by atoms with Gasteiger partial charge in [-0.1, -0.05) is 6.92 Å². The summed E-state index contributed by atoms with van der Waals surface area (Å²) in [5.74, 6) is 2.19. The third-order valence-electron chi connectivity index (χ3n) is 4.35. The molecule has 1 aliphatic carbocycles. The summed E-state index contributed by atoms with van der Waals surface area (Å²) in [4.78, 5) is 2.71. The third kappa shape index (κ3) is 1.70. The molecular formula is C12H22N2. The van der Waals surface area contributed by atoms with Gasteiger partial charge in [-0.2, -0.15) is 0 Å². The maximum absolute atomic E-state index is 3.55. The number of hydrogen-bond donors (Lipinski definition) is 1. The van der Waals surface area contributed by atoms with Crippen LogP contribution in [0.3, 0.4) is 0 Å². The number of nitrogens with zero attached hydrogens (tertiary/aromatic N) is 1. The SMILES string of the molecule is CC1(CN2CC3CC3C2)CCCNC1. The lowest BCUT2D eigenvalue weighted by atomic mass is 9.82. The van der Waals surface area contributed by atoms with Crippen molar-refractivity contribution in [2.45, 2.75) is 26.2 Å². The van der Waals surface area contributed by atoms with E-state index in [0.717, 1.165) is 11.8 Å². The molecule has 14 heavy (non-hydrogen) atoms. The van der Waals surface area contributed by atoms with Crippen LogP contribution >= 0.6 is 0 Å². The lowest BCUT2D eigenvalue weighted by Crippen LogP contribution is -2.45. The van der Waals surface area contributed by atoms with E-state index in [2.05, 4.69) is 17.1 Å². The second kappa shape index (κ2) is 3.21. The van der Waals surface area contributed by atoms with E-state index in [-0.39, 0.29) is 0 Å². The summed E-state index contributed by atoms with van der Waals surface area (Å²) >= 11 is 0. The minimum atomic E-state index is 0.565. The van der Waals surface area contributed by atoms with E-state index in [4.69, 9.17) is 0 Å². The highest BCUT2D eigenvalue weighted by Crippen LogP contribution is 2.45. The standard InChI is InChI=1S/C12H22N2/c1-12(3-2-4-13-8-12)9-14-6-10-5-11(10)7-14/h10-11,13H,2-9H2,1H3. The van der Waals surface area contributed by atoms with Gasteiger partial charge in [0.15, 0.2) is 0 Å². The van der Waals surface area contributed by atoms with E-state index in [9.17, 15) is 0 Å². The van der Waals surface area contributed by atoms with Crippen molar-refractivity contribution in [3.8, 4) is 0 Å². The summed E-state index contributed by atoms with van der Waals surface area (Å²) in [6.07, 6.45) is 4.33. The van der Waals surface area contributed by atoms with E-state index in [0.29, 0.717) is 5.41 Å². The molecule has 0 aromatic rings. The largest absolute Gasteiger partial charge is 0.316 e. The first kappa shape index (κ1) is 9.17. The van der Waals surface area contributed by atoms with Crippen molar-refractivity contribution in [2.75, 3.05) is 32.7 Å². The average Bonchev–Trinajstić information content (AvgIpc) is 2.75. The summed E-state index contributed by atoms with van der Waals surface area (Å²) < 4.78 is 0. The summed E-state index contributed by atoms with van der Waals surface area (Å²) in [5, 5.41) is 3.55. The predicted molar refractivity (Wildman–Crippen MR) is 58.2 cm³/mol. The zero-order valence-electron chi connectivity index (χ0n) is 9.26. The molecule has 3 atom stereocenters. The van der Waals surface area contributed by atoms with Crippen LogP contribution in [0.5, 0.6) is 0 Å². The quantitative estimate of drug-likeness (QED) is 0.713. The van der Waals surface area contributed by atoms with Crippen molar-refractivity contribution in [3.05, 3.63) is 0 Å². The van der Waals surface area contributed by atoms with Gasteiger partial charge in [0.2, 0.25) is 0 Å². The Morgan fingerprint density at radius 1 is 1.36 bits per heavy atom. The number of piperidine rings is 2. The molecule has 3 fully saturated rings. The van der Waals surface area contributed by atoms with E-state index in [1.165, 1.54) is 52.0 Å². The lowest BCUT2D eigenvalue weighted by molar-refractivity contribution is 0.143. The molecule has 2 heteroatoms. The summed E-state index contributed by atoms with van der Waals surface area (Å²) in [6.45, 7) is 9.08. The Morgan fingerprint density at radius 2 is 2.14 bits per heavy atom. The second-order valence-corrected chi connectivity index (χ2v) is 6.04. The van der Waals surface area contributed by atoms with Crippen molar-refractivity contribution < 1.29 is 0 Å². The summed E-state index contributed by atoms with van der Waals surface area (Å²) in [5.41, 5.74) is 0.565. The molecule has 3 rings (SSSR count). The normalized spacial score (nSPS) is 47.8. The highest BCUT2D eigenvalue weighted by Gasteiger charge is 2.46. The lowest BCUT2D eigenvalue weighted by Gasteiger charge is -2.37. The monoisotopic (exact) mass is 194 g/mol. The fourth-order valence-corrected chi connectivity index (χ4v) is 3.42. The number of nitrogens with one attached hydrogen (secondary N) is 1. The van der Waals surface area contributed by atoms with Gasteiger partial charge in [-0.3, -0.25) is 0 Å². The molecule has 2 heterocycles. The minimum Gasteiger partial charge on any atom is -0.316 e. The van der Waals surface area contributed by atoms with Gasteiger partial charge in [-0.05, 0) is 43.1 Å². The van der Waals surface area contributed by atoms with Crippen molar-refractivity contribution in [2.24, 2.45) is 17.3 Å². The van der Waals surface area contributed by atoms with Crippen LogP contribution in [0, 0.1) is 17.3 Å². The summed E-state index contributed by atoms with van der Waals surface area (Å²) in [6, 6.07) is 0. The Labute approximate surface area is 87.0 Å². The third-order valence-corrected chi connectivity index (χ3v) is 4.35. The topological polar surface area (TPSA) is 15.3 Å². The molecular weight excluding hydrogens is 172 g/mol. The molecule has 0 aromatic carbocycles. The molecule has 0 radical (unpaired) electrons. The van der Waals surface area contributed by atoms with Gasteiger partial charge in [0.1, 0.15) is 0 Å². The van der Waals surface area contributed by atoms with Gasteiger partial charge in [0, 0.05) is 26.2 Å². The summed E-state index contributed by atoms with van der Waals surface area (Å²) in [7, 11) is 0. The highest BCUT2D eigenvalue weighted by molar-refractivity contribution is 4.98. The van der Waals surface area contributed by atoms with Crippen LogP contribution in [0.2, 0.25) is 0 Å². The molecule has 2 aliphatic heterocycles. The number of fused-ring (bicyclic) bond motifs is 1. The van der Waals surface area contributed by atoms with E-state index >= 15 is 0 Å². The molecule has 3 unspecified atom stereocenters. The van der Waals surface area contributed by atoms with Crippen LogP contribution in [-0.4, -0.2) is 37.6 Å².